The van der Waals surface area contributed by atoms with Gasteiger partial charge in [-0.05, 0) is 12.8 Å². The van der Waals surface area contributed by atoms with Crippen LogP contribution in [0.1, 0.15) is 29.6 Å². The number of benzene rings is 1. The van der Waals surface area contributed by atoms with Gasteiger partial charge in [0.2, 0.25) is 0 Å². The number of carbonyl (C=O) groups is 1. The molecular weight excluding hydrogens is 278 g/mol. The molecule has 0 spiro atoms. The predicted molar refractivity (Wildman–Crippen MR) is 71.6 cm³/mol. The lowest BCUT2D eigenvalue weighted by Crippen LogP contribution is -2.27. The number of fused-ring (bicyclic) bond motifs is 1. The number of piperidine rings is 1. The first kappa shape index (κ1) is 11.4. The van der Waals surface area contributed by atoms with Crippen molar-refractivity contribution in [2.24, 2.45) is 0 Å². The molecule has 3 heteroatoms. The summed E-state index contributed by atoms with van der Waals surface area (Å²) in [6, 6.07) is 10.9. The molecule has 2 heterocycles. The molecule has 0 bridgehead atoms. The Bertz CT molecular complexity index is 419. The highest BCUT2D eigenvalue weighted by Gasteiger charge is 2.56. The Morgan fingerprint density at radius 2 is 2.06 bits per heavy atom. The molecule has 2 aliphatic rings. The van der Waals surface area contributed by atoms with Gasteiger partial charge in [-0.15, -0.1) is 0 Å². The third-order valence-corrected chi connectivity index (χ3v) is 4.69. The number of carbonyl (C=O) groups excluding carboxylic acids is 1. The summed E-state index contributed by atoms with van der Waals surface area (Å²) < 4.78 is 0. The minimum atomic E-state index is 0.155. The number of hydrogen-bond donors (Lipinski definition) is 0. The monoisotopic (exact) mass is 293 g/mol. The first-order valence-electron chi connectivity index (χ1n) is 6.25. The van der Waals surface area contributed by atoms with E-state index in [4.69, 9.17) is 0 Å². The zero-order chi connectivity index (χ0) is 11.8. The first-order valence-corrected chi connectivity index (χ1v) is 7.37. The van der Waals surface area contributed by atoms with E-state index in [0.29, 0.717) is 17.9 Å². The predicted octanol–water partition coefficient (Wildman–Crippen LogP) is 2.87. The lowest BCUT2D eigenvalue weighted by molar-refractivity contribution is 0.0969. The number of ketones is 1. The van der Waals surface area contributed by atoms with Gasteiger partial charge in [0.1, 0.15) is 0 Å². The van der Waals surface area contributed by atoms with Gasteiger partial charge in [-0.3, -0.25) is 9.69 Å². The molecule has 0 amide bonds. The Labute approximate surface area is 110 Å². The molecule has 1 unspecified atom stereocenters. The average molecular weight is 294 g/mol. The van der Waals surface area contributed by atoms with Crippen LogP contribution in [0.4, 0.5) is 0 Å². The molecule has 0 N–H and O–H groups in total. The number of Topliss-reactive ketones (excluding diaryl/α,β-unsaturated/α-hetero) is 1. The van der Waals surface area contributed by atoms with Crippen LogP contribution >= 0.6 is 15.9 Å². The van der Waals surface area contributed by atoms with Crippen LogP contribution in [-0.4, -0.2) is 34.1 Å². The van der Waals surface area contributed by atoms with Gasteiger partial charge in [0.25, 0.3) is 0 Å². The van der Waals surface area contributed by atoms with E-state index in [1.54, 1.807) is 0 Å². The fraction of sp³-hybridized carbons (Fsp3) is 0.500. The van der Waals surface area contributed by atoms with Gasteiger partial charge in [-0.25, -0.2) is 0 Å². The highest BCUT2D eigenvalue weighted by molar-refractivity contribution is 9.09. The van der Waals surface area contributed by atoms with Crippen LogP contribution in [0.15, 0.2) is 30.3 Å². The van der Waals surface area contributed by atoms with Gasteiger partial charge < -0.3 is 0 Å². The van der Waals surface area contributed by atoms with Crippen LogP contribution in [-0.2, 0) is 0 Å². The quantitative estimate of drug-likeness (QED) is 0.485. The maximum absolute atomic E-state index is 12.4. The molecule has 1 aromatic rings. The highest BCUT2D eigenvalue weighted by Crippen LogP contribution is 2.42. The fourth-order valence-electron chi connectivity index (χ4n) is 3.06. The average Bonchev–Trinajstić information content (AvgIpc) is 3.13. The van der Waals surface area contributed by atoms with Crippen molar-refractivity contribution in [3.8, 4) is 0 Å². The summed E-state index contributed by atoms with van der Waals surface area (Å²) in [6.45, 7) is 0. The van der Waals surface area contributed by atoms with Crippen molar-refractivity contribution in [2.45, 2.75) is 37.4 Å². The fourth-order valence-corrected chi connectivity index (χ4v) is 3.71. The molecule has 0 saturated carbocycles. The van der Waals surface area contributed by atoms with Crippen LogP contribution in [0.5, 0.6) is 0 Å². The van der Waals surface area contributed by atoms with Gasteiger partial charge in [-0.1, -0.05) is 52.7 Å². The van der Waals surface area contributed by atoms with Crippen molar-refractivity contribution in [3.05, 3.63) is 35.9 Å². The Kier molecular flexibility index (Phi) is 3.05. The third kappa shape index (κ3) is 1.95. The van der Waals surface area contributed by atoms with Crippen LogP contribution in [0.25, 0.3) is 0 Å². The number of nitrogens with zero attached hydrogens (tertiary/aromatic N) is 1. The van der Waals surface area contributed by atoms with Gasteiger partial charge in [0, 0.05) is 23.0 Å². The normalized spacial score (nSPS) is 35.1. The van der Waals surface area contributed by atoms with E-state index >= 15 is 0 Å². The molecule has 4 atom stereocenters. The molecule has 0 radical (unpaired) electrons. The van der Waals surface area contributed by atoms with Crippen molar-refractivity contribution < 1.29 is 4.79 Å². The second kappa shape index (κ2) is 4.54. The minimum Gasteiger partial charge on any atom is -0.292 e. The van der Waals surface area contributed by atoms with Crippen LogP contribution in [0, 0.1) is 0 Å². The standard InChI is InChI=1S/C14H16BrNO/c15-9-11-7-4-8-12-13(16(11)12)14(17)10-5-2-1-3-6-10/h1-3,5-6,11-13H,4,7-9H2/t11-,12+,13-,16?/m0/s1. The lowest BCUT2D eigenvalue weighted by atomic mass is 10.0. The van der Waals surface area contributed by atoms with Gasteiger partial charge >= 0.3 is 0 Å². The molecular formula is C14H16BrNO. The summed E-state index contributed by atoms with van der Waals surface area (Å²) in [5, 5.41) is 0.988. The maximum Gasteiger partial charge on any atom is 0.181 e. The van der Waals surface area contributed by atoms with E-state index in [1.165, 1.54) is 19.3 Å². The molecule has 0 aromatic heterocycles. The summed E-state index contributed by atoms with van der Waals surface area (Å²) in [4.78, 5) is 14.8. The Morgan fingerprint density at radius 3 is 2.76 bits per heavy atom. The summed E-state index contributed by atoms with van der Waals surface area (Å²) in [7, 11) is 0. The van der Waals surface area contributed by atoms with E-state index in [0.717, 1.165) is 10.9 Å². The summed E-state index contributed by atoms with van der Waals surface area (Å²) in [5.74, 6) is 0.309. The van der Waals surface area contributed by atoms with E-state index < -0.39 is 0 Å². The van der Waals surface area contributed by atoms with Gasteiger partial charge in [-0.2, -0.15) is 0 Å². The Hall–Kier alpha value is -0.670. The topological polar surface area (TPSA) is 20.1 Å². The van der Waals surface area contributed by atoms with Gasteiger partial charge in [0.05, 0.1) is 6.04 Å². The largest absolute Gasteiger partial charge is 0.292 e. The molecule has 2 saturated heterocycles. The maximum atomic E-state index is 12.4. The zero-order valence-electron chi connectivity index (χ0n) is 9.68. The molecule has 1 aromatic carbocycles. The van der Waals surface area contributed by atoms with Crippen molar-refractivity contribution >= 4 is 21.7 Å². The van der Waals surface area contributed by atoms with Gasteiger partial charge in [0.15, 0.2) is 5.78 Å². The SMILES string of the molecule is O=C(c1ccccc1)[C@@H]1[C@H]2CCC[C@@H](CBr)N21. The zero-order valence-corrected chi connectivity index (χ0v) is 11.3. The van der Waals surface area contributed by atoms with Crippen molar-refractivity contribution in [3.63, 3.8) is 0 Å². The molecule has 3 rings (SSSR count). The second-order valence-electron chi connectivity index (χ2n) is 4.93. The van der Waals surface area contributed by atoms with E-state index in [-0.39, 0.29) is 6.04 Å². The molecule has 2 aliphatic heterocycles. The van der Waals surface area contributed by atoms with Crippen molar-refractivity contribution in [1.82, 2.24) is 4.90 Å². The van der Waals surface area contributed by atoms with Crippen molar-refractivity contribution in [2.75, 3.05) is 5.33 Å². The van der Waals surface area contributed by atoms with E-state index in [9.17, 15) is 4.79 Å². The van der Waals surface area contributed by atoms with Crippen LogP contribution in [0.2, 0.25) is 0 Å². The minimum absolute atomic E-state index is 0.155. The van der Waals surface area contributed by atoms with Crippen LogP contribution < -0.4 is 0 Å². The molecule has 2 fully saturated rings. The third-order valence-electron chi connectivity index (χ3n) is 3.94. The van der Waals surface area contributed by atoms with E-state index in [2.05, 4.69) is 20.8 Å². The molecule has 17 heavy (non-hydrogen) atoms. The van der Waals surface area contributed by atoms with E-state index in [1.807, 2.05) is 30.3 Å². The second-order valence-corrected chi connectivity index (χ2v) is 5.58. The smallest absolute Gasteiger partial charge is 0.181 e. The molecule has 0 aliphatic carbocycles. The number of halogens is 1. The molecule has 90 valence electrons. The number of hydrogen-bond acceptors (Lipinski definition) is 2. The highest BCUT2D eigenvalue weighted by atomic mass is 79.9. The summed E-state index contributed by atoms with van der Waals surface area (Å²) in [5.41, 5.74) is 0.861. The lowest BCUT2D eigenvalue weighted by Gasteiger charge is -2.20. The number of alkyl halides is 1. The molecule has 2 nitrogen and oxygen atoms in total. The Balaban J connectivity index is 1.77. The number of rotatable bonds is 3. The Morgan fingerprint density at radius 1 is 1.29 bits per heavy atom. The van der Waals surface area contributed by atoms with Crippen LogP contribution in [0.3, 0.4) is 0 Å². The summed E-state index contributed by atoms with van der Waals surface area (Å²) >= 11 is 3.56. The summed E-state index contributed by atoms with van der Waals surface area (Å²) in [6.07, 6.45) is 3.67. The van der Waals surface area contributed by atoms with Crippen molar-refractivity contribution in [1.29, 1.82) is 0 Å². The first-order chi connectivity index (χ1) is 8.33.